The molecule has 0 saturated heterocycles. The Morgan fingerprint density at radius 1 is 1.04 bits per heavy atom. The van der Waals surface area contributed by atoms with E-state index in [1.165, 1.54) is 12.8 Å². The molecular weight excluding hydrogens is 334 g/mol. The van der Waals surface area contributed by atoms with E-state index in [0.29, 0.717) is 23.3 Å². The van der Waals surface area contributed by atoms with Crippen molar-refractivity contribution in [3.63, 3.8) is 0 Å². The van der Waals surface area contributed by atoms with E-state index >= 15 is 0 Å². The van der Waals surface area contributed by atoms with Crippen LogP contribution in [0.25, 0.3) is 0 Å². The van der Waals surface area contributed by atoms with Gasteiger partial charge >= 0.3 is 0 Å². The SMILES string of the molecule is CCOc1ccc(NC(=O)c2ccc(NC(=S)NC3CC3)cc2)cc1. The van der Waals surface area contributed by atoms with Gasteiger partial charge in [0.1, 0.15) is 5.75 Å². The molecule has 0 aromatic heterocycles. The van der Waals surface area contributed by atoms with Crippen LogP contribution in [0.1, 0.15) is 30.1 Å². The van der Waals surface area contributed by atoms with Crippen LogP contribution >= 0.6 is 12.2 Å². The second kappa shape index (κ2) is 7.98. The van der Waals surface area contributed by atoms with E-state index in [1.54, 1.807) is 12.1 Å². The third kappa shape index (κ3) is 5.19. The monoisotopic (exact) mass is 355 g/mol. The molecule has 0 spiro atoms. The van der Waals surface area contributed by atoms with E-state index in [9.17, 15) is 4.79 Å². The predicted octanol–water partition coefficient (Wildman–Crippen LogP) is 3.79. The molecule has 6 heteroatoms. The Labute approximate surface area is 152 Å². The van der Waals surface area contributed by atoms with Crippen molar-refractivity contribution in [2.24, 2.45) is 0 Å². The maximum atomic E-state index is 12.3. The van der Waals surface area contributed by atoms with Crippen molar-refractivity contribution >= 4 is 34.6 Å². The summed E-state index contributed by atoms with van der Waals surface area (Å²) in [5.74, 6) is 0.626. The first-order valence-electron chi connectivity index (χ1n) is 8.36. The molecule has 0 aliphatic heterocycles. The number of ether oxygens (including phenoxy) is 1. The number of carbonyl (C=O) groups is 1. The molecule has 3 rings (SSSR count). The summed E-state index contributed by atoms with van der Waals surface area (Å²) in [5.41, 5.74) is 2.17. The molecule has 1 fully saturated rings. The lowest BCUT2D eigenvalue weighted by Gasteiger charge is -2.10. The number of amides is 1. The normalized spacial score (nSPS) is 13.0. The summed E-state index contributed by atoms with van der Waals surface area (Å²) >= 11 is 5.24. The van der Waals surface area contributed by atoms with Crippen LogP contribution in [0.2, 0.25) is 0 Å². The Kier molecular flexibility index (Phi) is 5.50. The number of nitrogens with one attached hydrogen (secondary N) is 3. The molecule has 2 aromatic carbocycles. The summed E-state index contributed by atoms with van der Waals surface area (Å²) in [6, 6.07) is 15.0. The second-order valence-corrected chi connectivity index (χ2v) is 6.27. The first-order valence-corrected chi connectivity index (χ1v) is 8.76. The minimum Gasteiger partial charge on any atom is -0.494 e. The Bertz CT molecular complexity index is 740. The summed E-state index contributed by atoms with van der Waals surface area (Å²) in [5, 5.41) is 9.83. The van der Waals surface area contributed by atoms with E-state index < -0.39 is 0 Å². The molecule has 0 radical (unpaired) electrons. The van der Waals surface area contributed by atoms with Gasteiger partial charge in [-0.2, -0.15) is 0 Å². The van der Waals surface area contributed by atoms with Gasteiger partial charge in [-0.05, 0) is 80.5 Å². The largest absolute Gasteiger partial charge is 0.494 e. The Morgan fingerprint density at radius 3 is 2.24 bits per heavy atom. The van der Waals surface area contributed by atoms with Gasteiger partial charge in [-0.3, -0.25) is 4.79 Å². The standard InChI is InChI=1S/C19H21N3O2S/c1-2-24-17-11-9-14(10-12-17)20-18(23)13-3-5-15(6-4-13)21-19(25)22-16-7-8-16/h3-6,9-12,16H,2,7-8H2,1H3,(H,20,23)(H2,21,22,25). The zero-order valence-electron chi connectivity index (χ0n) is 14.0. The molecule has 1 aliphatic carbocycles. The number of hydrogen-bond donors (Lipinski definition) is 3. The summed E-state index contributed by atoms with van der Waals surface area (Å²) < 4.78 is 5.39. The molecule has 1 amide bonds. The Balaban J connectivity index is 1.55. The van der Waals surface area contributed by atoms with Crippen LogP contribution in [0, 0.1) is 0 Å². The average molecular weight is 355 g/mol. The van der Waals surface area contributed by atoms with Gasteiger partial charge in [0.05, 0.1) is 6.61 Å². The number of rotatable bonds is 6. The van der Waals surface area contributed by atoms with Crippen molar-refractivity contribution in [3.8, 4) is 5.75 Å². The molecule has 2 aromatic rings. The summed E-state index contributed by atoms with van der Waals surface area (Å²) in [6.45, 7) is 2.55. The van der Waals surface area contributed by atoms with Gasteiger partial charge in [0.25, 0.3) is 5.91 Å². The Hall–Kier alpha value is -2.60. The quantitative estimate of drug-likeness (QED) is 0.688. The van der Waals surface area contributed by atoms with Crippen molar-refractivity contribution in [3.05, 3.63) is 54.1 Å². The number of thiocarbonyl (C=S) groups is 1. The van der Waals surface area contributed by atoms with Crippen molar-refractivity contribution < 1.29 is 9.53 Å². The highest BCUT2D eigenvalue weighted by Gasteiger charge is 2.21. The molecule has 1 saturated carbocycles. The highest BCUT2D eigenvalue weighted by atomic mass is 32.1. The molecule has 1 aliphatic rings. The van der Waals surface area contributed by atoms with Crippen LogP contribution in [0.4, 0.5) is 11.4 Å². The first-order chi connectivity index (χ1) is 12.1. The third-order valence-electron chi connectivity index (χ3n) is 3.74. The molecule has 0 unspecified atom stereocenters. The topological polar surface area (TPSA) is 62.4 Å². The minimum absolute atomic E-state index is 0.158. The maximum absolute atomic E-state index is 12.3. The molecule has 25 heavy (non-hydrogen) atoms. The molecule has 0 bridgehead atoms. The van der Waals surface area contributed by atoms with Crippen molar-refractivity contribution in [2.45, 2.75) is 25.8 Å². The fourth-order valence-electron chi connectivity index (χ4n) is 2.29. The van der Waals surface area contributed by atoms with E-state index in [1.807, 2.05) is 43.3 Å². The van der Waals surface area contributed by atoms with Gasteiger partial charge in [0, 0.05) is 23.0 Å². The summed E-state index contributed by atoms with van der Waals surface area (Å²) in [7, 11) is 0. The van der Waals surface area contributed by atoms with Crippen LogP contribution in [-0.4, -0.2) is 23.7 Å². The van der Waals surface area contributed by atoms with E-state index in [0.717, 1.165) is 17.1 Å². The van der Waals surface area contributed by atoms with Crippen molar-refractivity contribution in [2.75, 3.05) is 17.2 Å². The fourth-order valence-corrected chi connectivity index (χ4v) is 2.57. The number of hydrogen-bond acceptors (Lipinski definition) is 3. The van der Waals surface area contributed by atoms with Crippen LogP contribution in [-0.2, 0) is 0 Å². The summed E-state index contributed by atoms with van der Waals surface area (Å²) in [4.78, 5) is 12.3. The van der Waals surface area contributed by atoms with Crippen LogP contribution in [0.5, 0.6) is 5.75 Å². The highest BCUT2D eigenvalue weighted by Crippen LogP contribution is 2.19. The van der Waals surface area contributed by atoms with E-state index in [-0.39, 0.29) is 5.91 Å². The van der Waals surface area contributed by atoms with Crippen LogP contribution < -0.4 is 20.7 Å². The fraction of sp³-hybridized carbons (Fsp3) is 0.263. The lowest BCUT2D eigenvalue weighted by molar-refractivity contribution is 0.102. The predicted molar refractivity (Wildman–Crippen MR) is 104 cm³/mol. The molecular formula is C19H21N3O2S. The molecule has 5 nitrogen and oxygen atoms in total. The molecule has 0 heterocycles. The molecule has 3 N–H and O–H groups in total. The highest BCUT2D eigenvalue weighted by molar-refractivity contribution is 7.80. The van der Waals surface area contributed by atoms with Gasteiger partial charge in [0.15, 0.2) is 5.11 Å². The number of carbonyl (C=O) groups excluding carboxylic acids is 1. The van der Waals surface area contributed by atoms with Gasteiger partial charge in [-0.1, -0.05) is 0 Å². The van der Waals surface area contributed by atoms with Crippen molar-refractivity contribution in [1.29, 1.82) is 0 Å². The van der Waals surface area contributed by atoms with Gasteiger partial charge in [-0.25, -0.2) is 0 Å². The molecule has 0 atom stereocenters. The first kappa shape index (κ1) is 17.2. The smallest absolute Gasteiger partial charge is 0.255 e. The van der Waals surface area contributed by atoms with Crippen LogP contribution in [0.3, 0.4) is 0 Å². The minimum atomic E-state index is -0.158. The number of benzene rings is 2. The van der Waals surface area contributed by atoms with E-state index in [2.05, 4.69) is 16.0 Å². The lowest BCUT2D eigenvalue weighted by Crippen LogP contribution is -2.30. The zero-order valence-corrected chi connectivity index (χ0v) is 14.9. The van der Waals surface area contributed by atoms with Gasteiger partial charge in [0.2, 0.25) is 0 Å². The maximum Gasteiger partial charge on any atom is 0.255 e. The second-order valence-electron chi connectivity index (χ2n) is 5.86. The zero-order chi connectivity index (χ0) is 17.6. The third-order valence-corrected chi connectivity index (χ3v) is 3.96. The van der Waals surface area contributed by atoms with Crippen molar-refractivity contribution in [1.82, 2.24) is 5.32 Å². The summed E-state index contributed by atoms with van der Waals surface area (Å²) in [6.07, 6.45) is 2.35. The Morgan fingerprint density at radius 2 is 1.64 bits per heavy atom. The van der Waals surface area contributed by atoms with Crippen LogP contribution in [0.15, 0.2) is 48.5 Å². The molecule has 130 valence electrons. The number of anilines is 2. The lowest BCUT2D eigenvalue weighted by atomic mass is 10.2. The average Bonchev–Trinajstić information content (AvgIpc) is 3.41. The van der Waals surface area contributed by atoms with E-state index in [4.69, 9.17) is 17.0 Å². The van der Waals surface area contributed by atoms with Gasteiger partial charge < -0.3 is 20.7 Å². The van der Waals surface area contributed by atoms with Gasteiger partial charge in [-0.15, -0.1) is 0 Å².